The van der Waals surface area contributed by atoms with Crippen LogP contribution in [0.2, 0.25) is 0 Å². The van der Waals surface area contributed by atoms with Crippen molar-refractivity contribution in [3.05, 3.63) is 72.3 Å². The van der Waals surface area contributed by atoms with Crippen molar-refractivity contribution in [2.45, 2.75) is 31.2 Å². The number of allylic oxidation sites excluding steroid dienone is 1. The monoisotopic (exact) mass is 365 g/mol. The van der Waals surface area contributed by atoms with Gasteiger partial charge in [0.25, 0.3) is 0 Å². The highest BCUT2D eigenvalue weighted by Gasteiger charge is 2.29. The first kappa shape index (κ1) is 18.7. The summed E-state index contributed by atoms with van der Waals surface area (Å²) in [6.07, 6.45) is 2.11. The second-order valence-corrected chi connectivity index (χ2v) is 6.63. The van der Waals surface area contributed by atoms with Crippen LogP contribution >= 0.6 is 0 Å². The van der Waals surface area contributed by atoms with Crippen molar-refractivity contribution < 1.29 is 19.4 Å². The van der Waals surface area contributed by atoms with Gasteiger partial charge >= 0.3 is 12.1 Å². The quantitative estimate of drug-likeness (QED) is 0.683. The summed E-state index contributed by atoms with van der Waals surface area (Å²) < 4.78 is 5.46. The molecule has 0 fully saturated rings. The molecule has 0 radical (unpaired) electrons. The molecule has 2 aromatic carbocycles. The van der Waals surface area contributed by atoms with Gasteiger partial charge in [-0.25, -0.2) is 4.79 Å². The molecular formula is C22H23NO4. The number of hydrogen-bond donors (Lipinski definition) is 2. The van der Waals surface area contributed by atoms with Crippen LogP contribution in [-0.2, 0) is 9.53 Å². The minimum Gasteiger partial charge on any atom is -0.481 e. The fourth-order valence-electron chi connectivity index (χ4n) is 3.56. The topological polar surface area (TPSA) is 75.6 Å². The predicted octanol–water partition coefficient (Wildman–Crippen LogP) is 4.33. The number of ether oxygens (including phenoxy) is 1. The van der Waals surface area contributed by atoms with Gasteiger partial charge in [0.05, 0.1) is 6.42 Å². The molecule has 1 aliphatic carbocycles. The van der Waals surface area contributed by atoms with E-state index in [9.17, 15) is 9.59 Å². The van der Waals surface area contributed by atoms with Gasteiger partial charge < -0.3 is 15.2 Å². The fourth-order valence-corrected chi connectivity index (χ4v) is 3.56. The molecule has 5 nitrogen and oxygen atoms in total. The first-order valence-electron chi connectivity index (χ1n) is 9.04. The number of carboxylic acid groups (broad SMARTS) is 1. The largest absolute Gasteiger partial charge is 0.481 e. The lowest BCUT2D eigenvalue weighted by Crippen LogP contribution is -2.37. The Morgan fingerprint density at radius 2 is 1.70 bits per heavy atom. The average Bonchev–Trinajstić information content (AvgIpc) is 2.98. The molecule has 0 saturated heterocycles. The third-order valence-electron chi connectivity index (χ3n) is 4.81. The number of hydrogen-bond acceptors (Lipinski definition) is 3. The molecule has 0 bridgehead atoms. The number of alkyl carbamates (subject to hydrolysis) is 1. The van der Waals surface area contributed by atoms with Gasteiger partial charge in [-0.2, -0.15) is 0 Å². The second kappa shape index (κ2) is 8.54. The lowest BCUT2D eigenvalue weighted by molar-refractivity contribution is -0.137. The molecule has 0 aromatic heterocycles. The zero-order chi connectivity index (χ0) is 19.2. The Balaban J connectivity index is 1.66. The average molecular weight is 365 g/mol. The Kier molecular flexibility index (Phi) is 5.91. The van der Waals surface area contributed by atoms with Crippen LogP contribution in [-0.4, -0.2) is 29.8 Å². The van der Waals surface area contributed by atoms with E-state index in [2.05, 4.69) is 36.2 Å². The van der Waals surface area contributed by atoms with Crippen LogP contribution in [0, 0.1) is 0 Å². The molecule has 0 heterocycles. The molecule has 2 aromatic rings. The summed E-state index contributed by atoms with van der Waals surface area (Å²) in [5, 5.41) is 11.7. The van der Waals surface area contributed by atoms with Crippen LogP contribution in [0.15, 0.2) is 61.2 Å². The second-order valence-electron chi connectivity index (χ2n) is 6.63. The fraction of sp³-hybridized carbons (Fsp3) is 0.273. The van der Waals surface area contributed by atoms with Gasteiger partial charge in [-0.3, -0.25) is 4.79 Å². The van der Waals surface area contributed by atoms with Gasteiger partial charge in [0.2, 0.25) is 0 Å². The van der Waals surface area contributed by atoms with Gasteiger partial charge in [0, 0.05) is 12.0 Å². The van der Waals surface area contributed by atoms with Crippen molar-refractivity contribution in [2.24, 2.45) is 0 Å². The number of carbonyl (C=O) groups is 2. The maximum atomic E-state index is 12.2. The highest BCUT2D eigenvalue weighted by Crippen LogP contribution is 2.44. The summed E-state index contributed by atoms with van der Waals surface area (Å²) in [5.74, 6) is -0.975. The Hall–Kier alpha value is -3.08. The normalized spacial score (nSPS) is 13.3. The Bertz CT molecular complexity index is 800. The number of carboxylic acids is 1. The van der Waals surface area contributed by atoms with Crippen molar-refractivity contribution in [3.63, 3.8) is 0 Å². The zero-order valence-corrected chi connectivity index (χ0v) is 15.1. The molecule has 1 amide bonds. The summed E-state index contributed by atoms with van der Waals surface area (Å²) in [4.78, 5) is 23.2. The molecule has 1 atom stereocenters. The van der Waals surface area contributed by atoms with E-state index in [0.29, 0.717) is 12.8 Å². The van der Waals surface area contributed by atoms with Gasteiger partial charge in [-0.1, -0.05) is 54.6 Å². The van der Waals surface area contributed by atoms with E-state index >= 15 is 0 Å². The highest BCUT2D eigenvalue weighted by molar-refractivity contribution is 5.79. The number of rotatable bonds is 8. The SMILES string of the molecule is C=CCC[C@H](CC(=O)O)NC(=O)OCC1c2ccccc2-c2ccccc21. The smallest absolute Gasteiger partial charge is 0.407 e. The van der Waals surface area contributed by atoms with Crippen LogP contribution in [0.1, 0.15) is 36.3 Å². The van der Waals surface area contributed by atoms with E-state index in [0.717, 1.165) is 22.3 Å². The lowest BCUT2D eigenvalue weighted by Gasteiger charge is -2.18. The highest BCUT2D eigenvalue weighted by atomic mass is 16.5. The van der Waals surface area contributed by atoms with E-state index in [-0.39, 0.29) is 18.9 Å². The molecular weight excluding hydrogens is 342 g/mol. The molecule has 27 heavy (non-hydrogen) atoms. The zero-order valence-electron chi connectivity index (χ0n) is 15.1. The first-order valence-corrected chi connectivity index (χ1v) is 9.04. The van der Waals surface area contributed by atoms with Gasteiger partial charge in [0.1, 0.15) is 6.61 Å². The van der Waals surface area contributed by atoms with E-state index in [1.54, 1.807) is 6.08 Å². The molecule has 0 spiro atoms. The molecule has 0 aliphatic heterocycles. The van der Waals surface area contributed by atoms with E-state index in [4.69, 9.17) is 9.84 Å². The van der Waals surface area contributed by atoms with Gasteiger partial charge in [0.15, 0.2) is 0 Å². The van der Waals surface area contributed by atoms with Gasteiger partial charge in [-0.15, -0.1) is 6.58 Å². The van der Waals surface area contributed by atoms with Crippen LogP contribution in [0.4, 0.5) is 4.79 Å². The predicted molar refractivity (Wildman–Crippen MR) is 104 cm³/mol. The summed E-state index contributed by atoms with van der Waals surface area (Å²) in [7, 11) is 0. The van der Waals surface area contributed by atoms with E-state index in [1.807, 2.05) is 24.3 Å². The Morgan fingerprint density at radius 3 is 2.26 bits per heavy atom. The molecule has 140 valence electrons. The number of nitrogens with one attached hydrogen (secondary N) is 1. The number of amides is 1. The van der Waals surface area contributed by atoms with Crippen molar-refractivity contribution in [2.75, 3.05) is 6.61 Å². The summed E-state index contributed by atoms with van der Waals surface area (Å²) in [6.45, 7) is 3.84. The summed E-state index contributed by atoms with van der Waals surface area (Å²) in [5.41, 5.74) is 4.61. The number of carbonyl (C=O) groups excluding carboxylic acids is 1. The third-order valence-corrected chi connectivity index (χ3v) is 4.81. The summed E-state index contributed by atoms with van der Waals surface area (Å²) >= 11 is 0. The van der Waals surface area contributed by atoms with Gasteiger partial charge in [-0.05, 0) is 35.1 Å². The number of aliphatic carboxylic acids is 1. The maximum Gasteiger partial charge on any atom is 0.407 e. The number of benzene rings is 2. The molecule has 0 saturated carbocycles. The van der Waals surface area contributed by atoms with Crippen molar-refractivity contribution >= 4 is 12.1 Å². The summed E-state index contributed by atoms with van der Waals surface area (Å²) in [6, 6.07) is 15.8. The van der Waals surface area contributed by atoms with Crippen LogP contribution < -0.4 is 5.32 Å². The third kappa shape index (κ3) is 4.37. The van der Waals surface area contributed by atoms with Crippen molar-refractivity contribution in [1.29, 1.82) is 0 Å². The molecule has 1 aliphatic rings. The van der Waals surface area contributed by atoms with Crippen molar-refractivity contribution in [3.8, 4) is 11.1 Å². The minimum absolute atomic E-state index is 0.0192. The molecule has 2 N–H and O–H groups in total. The molecule has 5 heteroatoms. The number of fused-ring (bicyclic) bond motifs is 3. The standard InChI is InChI=1S/C22H23NO4/c1-2-3-8-15(13-21(24)25)23-22(26)27-14-20-18-11-6-4-9-16(18)17-10-5-7-12-19(17)20/h2,4-7,9-12,15,20H,1,3,8,13-14H2,(H,23,26)(H,24,25)/t15-/m1/s1. The van der Waals surface area contributed by atoms with Crippen LogP contribution in [0.3, 0.4) is 0 Å². The van der Waals surface area contributed by atoms with Crippen LogP contribution in [0.5, 0.6) is 0 Å². The maximum absolute atomic E-state index is 12.2. The lowest BCUT2D eigenvalue weighted by atomic mass is 9.98. The molecule has 3 rings (SSSR count). The van der Waals surface area contributed by atoms with E-state index in [1.165, 1.54) is 0 Å². The minimum atomic E-state index is -0.956. The van der Waals surface area contributed by atoms with Crippen LogP contribution in [0.25, 0.3) is 11.1 Å². The Labute approximate surface area is 158 Å². The Morgan fingerprint density at radius 1 is 1.11 bits per heavy atom. The van der Waals surface area contributed by atoms with Crippen molar-refractivity contribution in [1.82, 2.24) is 5.32 Å². The first-order chi connectivity index (χ1) is 13.1. The van der Waals surface area contributed by atoms with E-state index < -0.39 is 18.1 Å². The molecule has 0 unspecified atom stereocenters.